The standard InChI is InChI=1S/C28H46O4/c1-3-4-5-6-7-8-9-10-11-15-20-26(30)22-17-14-18-23-27(31)21-16-12-13-19-24-28(32)25(2)29/h11,15,17,22H,3-10,12-14,16,18-21,23-24H2,1-2H3. The number of unbranched alkanes of at least 4 members (excludes halogenated alkanes) is 11. The summed E-state index contributed by atoms with van der Waals surface area (Å²) < 4.78 is 0. The van der Waals surface area contributed by atoms with Crippen LogP contribution in [-0.2, 0) is 19.2 Å². The molecule has 4 nitrogen and oxygen atoms in total. The number of Topliss-reactive ketones (excluding diaryl/α,β-unsaturated/α-hetero) is 3. The molecule has 0 unspecified atom stereocenters. The summed E-state index contributed by atoms with van der Waals surface area (Å²) in [5.74, 6) is -0.286. The Kier molecular flexibility index (Phi) is 21.1. The zero-order chi connectivity index (χ0) is 23.9. The van der Waals surface area contributed by atoms with E-state index in [9.17, 15) is 19.2 Å². The number of ketones is 4. The van der Waals surface area contributed by atoms with Crippen molar-refractivity contribution < 1.29 is 19.2 Å². The average Bonchev–Trinajstić information content (AvgIpc) is 2.76. The van der Waals surface area contributed by atoms with Crippen LogP contribution >= 0.6 is 0 Å². The van der Waals surface area contributed by atoms with Crippen LogP contribution in [0.1, 0.15) is 129 Å². The normalized spacial score (nSPS) is 11.4. The van der Waals surface area contributed by atoms with Crippen LogP contribution in [-0.4, -0.2) is 23.1 Å². The lowest BCUT2D eigenvalue weighted by Gasteiger charge is -2.01. The number of hydrogen-bond acceptors (Lipinski definition) is 4. The first kappa shape index (κ1) is 30.2. The molecular weight excluding hydrogens is 400 g/mol. The first-order chi connectivity index (χ1) is 15.5. The van der Waals surface area contributed by atoms with Crippen molar-refractivity contribution in [1.82, 2.24) is 0 Å². The summed E-state index contributed by atoms with van der Waals surface area (Å²) >= 11 is 0. The van der Waals surface area contributed by atoms with Gasteiger partial charge in [-0.2, -0.15) is 0 Å². The highest BCUT2D eigenvalue weighted by atomic mass is 16.2. The van der Waals surface area contributed by atoms with Crippen LogP contribution in [0.2, 0.25) is 0 Å². The van der Waals surface area contributed by atoms with Crippen LogP contribution in [0.3, 0.4) is 0 Å². The van der Waals surface area contributed by atoms with Crippen LogP contribution in [0.15, 0.2) is 24.3 Å². The van der Waals surface area contributed by atoms with Crippen molar-refractivity contribution in [2.45, 2.75) is 129 Å². The molecule has 0 aliphatic rings. The van der Waals surface area contributed by atoms with Gasteiger partial charge in [-0.1, -0.05) is 76.5 Å². The van der Waals surface area contributed by atoms with Crippen LogP contribution in [0.4, 0.5) is 0 Å². The Bertz CT molecular complexity index is 586. The Labute approximate surface area is 196 Å². The fourth-order valence-electron chi connectivity index (χ4n) is 3.50. The summed E-state index contributed by atoms with van der Waals surface area (Å²) in [5, 5.41) is 0. The Morgan fingerprint density at radius 2 is 1.16 bits per heavy atom. The molecule has 0 aromatic heterocycles. The maximum Gasteiger partial charge on any atom is 0.198 e. The minimum atomic E-state index is -0.369. The van der Waals surface area contributed by atoms with Gasteiger partial charge in [0.15, 0.2) is 17.3 Å². The SMILES string of the molecule is CCCCCCCCCC=CCC(=O)C=CCCCC(=O)CCCCCCC(=O)C(C)=O. The molecule has 0 rings (SSSR count). The van der Waals surface area contributed by atoms with E-state index in [0.29, 0.717) is 25.7 Å². The molecule has 0 bridgehead atoms. The molecule has 0 aromatic carbocycles. The van der Waals surface area contributed by atoms with Gasteiger partial charge in [-0.05, 0) is 44.6 Å². The molecule has 0 N–H and O–H groups in total. The van der Waals surface area contributed by atoms with Gasteiger partial charge in [0.25, 0.3) is 0 Å². The fraction of sp³-hybridized carbons (Fsp3) is 0.714. The van der Waals surface area contributed by atoms with Crippen LogP contribution < -0.4 is 0 Å². The second kappa shape index (κ2) is 22.4. The van der Waals surface area contributed by atoms with E-state index in [-0.39, 0.29) is 23.1 Å². The second-order valence-corrected chi connectivity index (χ2v) is 8.78. The highest BCUT2D eigenvalue weighted by molar-refractivity contribution is 6.36. The molecule has 0 fully saturated rings. The van der Waals surface area contributed by atoms with Crippen LogP contribution in [0.25, 0.3) is 0 Å². The monoisotopic (exact) mass is 446 g/mol. The first-order valence-electron chi connectivity index (χ1n) is 12.9. The van der Waals surface area contributed by atoms with Gasteiger partial charge >= 0.3 is 0 Å². The van der Waals surface area contributed by atoms with E-state index < -0.39 is 0 Å². The Balaban J connectivity index is 3.54. The number of hydrogen-bond donors (Lipinski definition) is 0. The molecular formula is C28H46O4. The first-order valence-corrected chi connectivity index (χ1v) is 12.9. The molecule has 0 radical (unpaired) electrons. The number of rotatable bonds is 23. The summed E-state index contributed by atoms with van der Waals surface area (Å²) in [5.41, 5.74) is 0. The van der Waals surface area contributed by atoms with Gasteiger partial charge in [-0.15, -0.1) is 0 Å². The lowest BCUT2D eigenvalue weighted by Crippen LogP contribution is -2.08. The second-order valence-electron chi connectivity index (χ2n) is 8.78. The van der Waals surface area contributed by atoms with Gasteiger partial charge < -0.3 is 0 Å². The lowest BCUT2D eigenvalue weighted by molar-refractivity contribution is -0.135. The zero-order valence-electron chi connectivity index (χ0n) is 20.7. The third kappa shape index (κ3) is 21.4. The van der Waals surface area contributed by atoms with Crippen molar-refractivity contribution in [3.05, 3.63) is 24.3 Å². The van der Waals surface area contributed by atoms with E-state index >= 15 is 0 Å². The van der Waals surface area contributed by atoms with Gasteiger partial charge in [0, 0.05) is 32.6 Å². The van der Waals surface area contributed by atoms with E-state index in [1.54, 1.807) is 6.08 Å². The van der Waals surface area contributed by atoms with Crippen molar-refractivity contribution in [3.63, 3.8) is 0 Å². The molecule has 0 amide bonds. The summed E-state index contributed by atoms with van der Waals surface area (Å²) in [6.07, 6.45) is 24.6. The van der Waals surface area contributed by atoms with Gasteiger partial charge in [-0.3, -0.25) is 19.2 Å². The molecule has 0 aliphatic heterocycles. The molecule has 0 atom stereocenters. The number of allylic oxidation sites excluding steroid dienone is 4. The van der Waals surface area contributed by atoms with Crippen molar-refractivity contribution in [2.24, 2.45) is 0 Å². The number of carbonyl (C=O) groups is 4. The van der Waals surface area contributed by atoms with E-state index in [1.165, 1.54) is 51.9 Å². The molecule has 0 heterocycles. The highest BCUT2D eigenvalue weighted by Crippen LogP contribution is 2.10. The van der Waals surface area contributed by atoms with Gasteiger partial charge in [0.05, 0.1) is 0 Å². The maximum absolute atomic E-state index is 11.9. The van der Waals surface area contributed by atoms with Gasteiger partial charge in [-0.25, -0.2) is 0 Å². The van der Waals surface area contributed by atoms with E-state index in [2.05, 4.69) is 13.0 Å². The van der Waals surface area contributed by atoms with Crippen LogP contribution in [0.5, 0.6) is 0 Å². The Morgan fingerprint density at radius 1 is 0.594 bits per heavy atom. The summed E-state index contributed by atoms with van der Waals surface area (Å²) in [4.78, 5) is 45.8. The number of carbonyl (C=O) groups excluding carboxylic acids is 4. The van der Waals surface area contributed by atoms with Crippen molar-refractivity contribution in [1.29, 1.82) is 0 Å². The molecule has 32 heavy (non-hydrogen) atoms. The largest absolute Gasteiger partial charge is 0.300 e. The molecule has 0 saturated heterocycles. The third-order valence-corrected chi connectivity index (χ3v) is 5.59. The molecule has 4 heteroatoms. The summed E-state index contributed by atoms with van der Waals surface area (Å²) in [6.45, 7) is 3.54. The van der Waals surface area contributed by atoms with Crippen molar-refractivity contribution in [3.8, 4) is 0 Å². The fourth-order valence-corrected chi connectivity index (χ4v) is 3.50. The van der Waals surface area contributed by atoms with E-state index in [4.69, 9.17) is 0 Å². The van der Waals surface area contributed by atoms with Crippen LogP contribution in [0, 0.1) is 0 Å². The maximum atomic E-state index is 11.9. The Hall–Kier alpha value is -1.84. The smallest absolute Gasteiger partial charge is 0.198 e. The van der Waals surface area contributed by atoms with Gasteiger partial charge in [0.2, 0.25) is 0 Å². The molecule has 0 saturated carbocycles. The van der Waals surface area contributed by atoms with Crippen molar-refractivity contribution in [2.75, 3.05) is 0 Å². The predicted molar refractivity (Wildman–Crippen MR) is 133 cm³/mol. The van der Waals surface area contributed by atoms with E-state index in [1.807, 2.05) is 12.2 Å². The topological polar surface area (TPSA) is 68.3 Å². The minimum absolute atomic E-state index is 0.121. The predicted octanol–water partition coefficient (Wildman–Crippen LogP) is 7.44. The summed E-state index contributed by atoms with van der Waals surface area (Å²) in [7, 11) is 0. The Morgan fingerprint density at radius 3 is 1.84 bits per heavy atom. The minimum Gasteiger partial charge on any atom is -0.300 e. The molecule has 0 aliphatic carbocycles. The quantitative estimate of drug-likeness (QED) is 0.0708. The lowest BCUT2D eigenvalue weighted by atomic mass is 10.0. The zero-order valence-corrected chi connectivity index (χ0v) is 20.7. The van der Waals surface area contributed by atoms with E-state index in [0.717, 1.165) is 44.9 Å². The third-order valence-electron chi connectivity index (χ3n) is 5.59. The van der Waals surface area contributed by atoms with Crippen molar-refractivity contribution >= 4 is 23.1 Å². The summed E-state index contributed by atoms with van der Waals surface area (Å²) in [6, 6.07) is 0. The average molecular weight is 447 g/mol. The molecule has 0 aromatic rings. The van der Waals surface area contributed by atoms with Gasteiger partial charge in [0.1, 0.15) is 5.78 Å². The highest BCUT2D eigenvalue weighted by Gasteiger charge is 2.07. The molecule has 182 valence electrons. The molecule has 0 spiro atoms.